The summed E-state index contributed by atoms with van der Waals surface area (Å²) in [4.78, 5) is 0. The Bertz CT molecular complexity index is 556. The minimum atomic E-state index is -0.0235. The Kier molecular flexibility index (Phi) is 3.48. The van der Waals surface area contributed by atoms with E-state index in [2.05, 4.69) is 5.32 Å². The molecule has 0 atom stereocenters. The number of nitrogens with one attached hydrogen (secondary N) is 1. The molecule has 5 heteroatoms. The van der Waals surface area contributed by atoms with Crippen molar-refractivity contribution in [2.75, 3.05) is 11.1 Å². The Balaban J connectivity index is 2.13. The fourth-order valence-corrected chi connectivity index (χ4v) is 1.79. The third kappa shape index (κ3) is 2.78. The summed E-state index contributed by atoms with van der Waals surface area (Å²) in [5.74, 6) is 0.193. The maximum Gasteiger partial charge on any atom is 0.157 e. The number of nitrogens with two attached hydrogens (primary N) is 1. The predicted molar refractivity (Wildman–Crippen MR) is 73.0 cm³/mol. The van der Waals surface area contributed by atoms with E-state index >= 15 is 0 Å². The number of nitrogen functional groups attached to an aromatic ring is 1. The topological polar surface area (TPSA) is 78.5 Å². The predicted octanol–water partition coefficient (Wildman–Crippen LogP) is 2.95. The average Bonchev–Trinajstić information content (AvgIpc) is 2.34. The van der Waals surface area contributed by atoms with Crippen molar-refractivity contribution in [2.24, 2.45) is 0 Å². The second-order valence-corrected chi connectivity index (χ2v) is 4.33. The average molecular weight is 265 g/mol. The summed E-state index contributed by atoms with van der Waals surface area (Å²) >= 11 is 5.82. The van der Waals surface area contributed by atoms with Crippen molar-refractivity contribution < 1.29 is 10.2 Å². The molecule has 0 aromatic heterocycles. The highest BCUT2D eigenvalue weighted by Gasteiger charge is 2.07. The first kappa shape index (κ1) is 12.4. The fraction of sp³-hybridized carbons (Fsp3) is 0.0769. The number of rotatable bonds is 3. The summed E-state index contributed by atoms with van der Waals surface area (Å²) in [6.45, 7) is 0.494. The molecule has 0 aliphatic heterocycles. The monoisotopic (exact) mass is 264 g/mol. The van der Waals surface area contributed by atoms with E-state index < -0.39 is 0 Å². The molecule has 0 fully saturated rings. The zero-order valence-corrected chi connectivity index (χ0v) is 10.3. The number of phenolic OH excluding ortho intramolecular Hbond substituents is 2. The van der Waals surface area contributed by atoms with Crippen LogP contribution in [0.2, 0.25) is 5.02 Å². The summed E-state index contributed by atoms with van der Waals surface area (Å²) in [7, 11) is 0. The van der Waals surface area contributed by atoms with E-state index in [0.29, 0.717) is 17.9 Å². The molecular formula is C13H13ClN2O2. The lowest BCUT2D eigenvalue weighted by atomic mass is 10.2. The highest BCUT2D eigenvalue weighted by Crippen LogP contribution is 2.34. The maximum atomic E-state index is 9.75. The summed E-state index contributed by atoms with van der Waals surface area (Å²) in [6, 6.07) is 9.87. The molecule has 18 heavy (non-hydrogen) atoms. The number of benzene rings is 2. The van der Waals surface area contributed by atoms with Crippen molar-refractivity contribution in [1.29, 1.82) is 0 Å². The minimum Gasteiger partial charge on any atom is -0.508 e. The van der Waals surface area contributed by atoms with E-state index in [4.69, 9.17) is 22.4 Å². The summed E-state index contributed by atoms with van der Waals surface area (Å²) < 4.78 is 0. The Morgan fingerprint density at radius 3 is 2.44 bits per heavy atom. The maximum absolute atomic E-state index is 9.75. The summed E-state index contributed by atoms with van der Waals surface area (Å²) in [5.41, 5.74) is 7.57. The molecule has 94 valence electrons. The van der Waals surface area contributed by atoms with Gasteiger partial charge in [0, 0.05) is 12.2 Å². The van der Waals surface area contributed by atoms with Crippen LogP contribution in [0, 0.1) is 0 Å². The van der Waals surface area contributed by atoms with Crippen LogP contribution in [0.4, 0.5) is 11.4 Å². The van der Waals surface area contributed by atoms with Crippen LogP contribution in [0.25, 0.3) is 0 Å². The Morgan fingerprint density at radius 2 is 1.78 bits per heavy atom. The number of anilines is 2. The molecule has 2 aromatic rings. The first-order valence-corrected chi connectivity index (χ1v) is 5.74. The molecule has 0 aliphatic rings. The number of halogens is 1. The molecule has 0 bridgehead atoms. The van der Waals surface area contributed by atoms with Crippen LogP contribution in [0.3, 0.4) is 0 Å². The summed E-state index contributed by atoms with van der Waals surface area (Å²) in [5, 5.41) is 22.2. The molecule has 2 rings (SSSR count). The third-order valence-corrected chi connectivity index (χ3v) is 2.79. The quantitative estimate of drug-likeness (QED) is 0.390. The van der Waals surface area contributed by atoms with Gasteiger partial charge >= 0.3 is 0 Å². The van der Waals surface area contributed by atoms with Gasteiger partial charge in [-0.3, -0.25) is 0 Å². The lowest BCUT2D eigenvalue weighted by molar-refractivity contribution is 0.474. The molecule has 0 radical (unpaired) electrons. The van der Waals surface area contributed by atoms with Crippen LogP contribution in [0.15, 0.2) is 36.4 Å². The molecule has 0 amide bonds. The normalized spacial score (nSPS) is 10.3. The van der Waals surface area contributed by atoms with Crippen LogP contribution in [-0.4, -0.2) is 10.2 Å². The van der Waals surface area contributed by atoms with Crippen LogP contribution in [-0.2, 0) is 6.54 Å². The third-order valence-electron chi connectivity index (χ3n) is 2.51. The van der Waals surface area contributed by atoms with Gasteiger partial charge in [0.15, 0.2) is 5.75 Å². The second-order valence-electron chi connectivity index (χ2n) is 3.92. The van der Waals surface area contributed by atoms with Gasteiger partial charge in [-0.05, 0) is 29.8 Å². The molecule has 0 heterocycles. The van der Waals surface area contributed by atoms with Crippen LogP contribution in [0.5, 0.6) is 11.5 Å². The standard InChI is InChI=1S/C13H13ClN2O2/c14-11-5-9(15)6-12(13(11)18)16-7-8-1-3-10(17)4-2-8/h1-6,16-18H,7,15H2. The van der Waals surface area contributed by atoms with Gasteiger partial charge in [0.05, 0.1) is 10.7 Å². The van der Waals surface area contributed by atoms with Crippen molar-refractivity contribution in [3.63, 3.8) is 0 Å². The van der Waals surface area contributed by atoms with Gasteiger partial charge in [0.1, 0.15) is 5.75 Å². The van der Waals surface area contributed by atoms with Crippen molar-refractivity contribution in [2.45, 2.75) is 6.54 Å². The van der Waals surface area contributed by atoms with Crippen molar-refractivity contribution in [3.8, 4) is 11.5 Å². The Hall–Kier alpha value is -2.07. The van der Waals surface area contributed by atoms with E-state index in [1.54, 1.807) is 30.3 Å². The smallest absolute Gasteiger partial charge is 0.157 e. The van der Waals surface area contributed by atoms with Gasteiger partial charge in [0.2, 0.25) is 0 Å². The van der Waals surface area contributed by atoms with E-state index in [0.717, 1.165) is 5.56 Å². The molecule has 0 unspecified atom stereocenters. The molecule has 2 aromatic carbocycles. The second kappa shape index (κ2) is 5.06. The zero-order chi connectivity index (χ0) is 13.1. The highest BCUT2D eigenvalue weighted by atomic mass is 35.5. The molecule has 4 nitrogen and oxygen atoms in total. The van der Waals surface area contributed by atoms with Crippen molar-refractivity contribution >= 4 is 23.0 Å². The molecule has 0 spiro atoms. The number of hydrogen-bond donors (Lipinski definition) is 4. The van der Waals surface area contributed by atoms with Crippen LogP contribution < -0.4 is 11.1 Å². The summed E-state index contributed by atoms with van der Waals surface area (Å²) in [6.07, 6.45) is 0. The SMILES string of the molecule is Nc1cc(Cl)c(O)c(NCc2ccc(O)cc2)c1. The minimum absolute atomic E-state index is 0.0235. The first-order valence-electron chi connectivity index (χ1n) is 5.36. The van der Waals surface area contributed by atoms with Gasteiger partial charge in [-0.1, -0.05) is 23.7 Å². The van der Waals surface area contributed by atoms with Gasteiger partial charge < -0.3 is 21.3 Å². The van der Waals surface area contributed by atoms with E-state index in [1.807, 2.05) is 0 Å². The molecule has 0 aliphatic carbocycles. The van der Waals surface area contributed by atoms with Gasteiger partial charge in [0.25, 0.3) is 0 Å². The highest BCUT2D eigenvalue weighted by molar-refractivity contribution is 6.32. The van der Waals surface area contributed by atoms with E-state index in [-0.39, 0.29) is 16.5 Å². The fourth-order valence-electron chi connectivity index (χ4n) is 1.57. The molecular weight excluding hydrogens is 252 g/mol. The number of phenols is 2. The van der Waals surface area contributed by atoms with E-state index in [1.165, 1.54) is 6.07 Å². The van der Waals surface area contributed by atoms with Crippen LogP contribution >= 0.6 is 11.6 Å². The Morgan fingerprint density at radius 1 is 1.11 bits per heavy atom. The van der Waals surface area contributed by atoms with E-state index in [9.17, 15) is 5.11 Å². The molecule has 0 saturated carbocycles. The number of hydrogen-bond acceptors (Lipinski definition) is 4. The lowest BCUT2D eigenvalue weighted by Crippen LogP contribution is -2.00. The first-order chi connectivity index (χ1) is 8.56. The largest absolute Gasteiger partial charge is 0.508 e. The van der Waals surface area contributed by atoms with Gasteiger partial charge in [-0.15, -0.1) is 0 Å². The van der Waals surface area contributed by atoms with Crippen LogP contribution in [0.1, 0.15) is 5.56 Å². The number of aromatic hydroxyl groups is 2. The molecule has 0 saturated heterocycles. The zero-order valence-electron chi connectivity index (χ0n) is 9.52. The van der Waals surface area contributed by atoms with Crippen molar-refractivity contribution in [1.82, 2.24) is 0 Å². The Labute approximate surface area is 110 Å². The lowest BCUT2D eigenvalue weighted by Gasteiger charge is -2.10. The van der Waals surface area contributed by atoms with Crippen molar-refractivity contribution in [3.05, 3.63) is 47.0 Å². The van der Waals surface area contributed by atoms with Gasteiger partial charge in [-0.2, -0.15) is 0 Å². The molecule has 5 N–H and O–H groups in total. The van der Waals surface area contributed by atoms with Gasteiger partial charge in [-0.25, -0.2) is 0 Å².